The summed E-state index contributed by atoms with van der Waals surface area (Å²) in [4.78, 5) is 27.4. The first-order valence-corrected chi connectivity index (χ1v) is 8.69. The Labute approximate surface area is 147 Å². The molecule has 0 bridgehead atoms. The summed E-state index contributed by atoms with van der Waals surface area (Å²) in [5.41, 5.74) is 3.31. The second kappa shape index (κ2) is 7.09. The van der Waals surface area contributed by atoms with E-state index in [9.17, 15) is 9.59 Å². The number of rotatable bonds is 4. The van der Waals surface area contributed by atoms with E-state index in [4.69, 9.17) is 0 Å². The van der Waals surface area contributed by atoms with Crippen molar-refractivity contribution in [2.24, 2.45) is 7.05 Å². The maximum atomic E-state index is 12.6. The Hall–Kier alpha value is -2.63. The van der Waals surface area contributed by atoms with Crippen LogP contribution in [0.2, 0.25) is 0 Å². The van der Waals surface area contributed by atoms with Gasteiger partial charge >= 0.3 is 0 Å². The van der Waals surface area contributed by atoms with E-state index in [1.54, 1.807) is 25.6 Å². The molecular weight excluding hydrogens is 316 g/mol. The fraction of sp³-hybridized carbons (Fsp3) is 0.421. The van der Waals surface area contributed by atoms with Crippen molar-refractivity contribution in [3.8, 4) is 0 Å². The molecule has 1 aliphatic rings. The zero-order valence-corrected chi connectivity index (χ0v) is 15.0. The molecule has 1 aromatic heterocycles. The van der Waals surface area contributed by atoms with E-state index >= 15 is 0 Å². The number of hydrogen-bond donors (Lipinski definition) is 1. The van der Waals surface area contributed by atoms with Crippen molar-refractivity contribution >= 4 is 23.1 Å². The topological polar surface area (TPSA) is 67.2 Å². The number of aryl methyl sites for hydroxylation is 2. The molecule has 3 rings (SSSR count). The Morgan fingerprint density at radius 2 is 1.76 bits per heavy atom. The highest BCUT2D eigenvalue weighted by atomic mass is 16.2. The average molecular weight is 340 g/mol. The first kappa shape index (κ1) is 17.2. The molecule has 2 heterocycles. The summed E-state index contributed by atoms with van der Waals surface area (Å²) < 4.78 is 1.62. The Balaban J connectivity index is 1.82. The van der Waals surface area contributed by atoms with Crippen molar-refractivity contribution < 1.29 is 9.59 Å². The lowest BCUT2D eigenvalue weighted by Crippen LogP contribution is -2.31. The van der Waals surface area contributed by atoms with Crippen LogP contribution in [0.4, 0.5) is 11.4 Å². The largest absolute Gasteiger partial charge is 0.370 e. The predicted octanol–water partition coefficient (Wildman–Crippen LogP) is 2.85. The molecule has 132 valence electrons. The van der Waals surface area contributed by atoms with Gasteiger partial charge in [0.05, 0.1) is 22.6 Å². The Kier molecular flexibility index (Phi) is 4.88. The number of ketones is 1. The third-order valence-electron chi connectivity index (χ3n) is 4.79. The zero-order chi connectivity index (χ0) is 18.0. The van der Waals surface area contributed by atoms with E-state index in [0.717, 1.165) is 31.6 Å². The molecule has 0 unspecified atom stereocenters. The second-order valence-corrected chi connectivity index (χ2v) is 6.52. The predicted molar refractivity (Wildman–Crippen MR) is 98.1 cm³/mol. The van der Waals surface area contributed by atoms with E-state index < -0.39 is 11.7 Å². The summed E-state index contributed by atoms with van der Waals surface area (Å²) in [6.07, 6.45) is 3.54. The summed E-state index contributed by atoms with van der Waals surface area (Å²) in [5.74, 6) is -1.17. The number of carbonyl (C=O) groups is 2. The fourth-order valence-electron chi connectivity index (χ4n) is 3.38. The monoisotopic (exact) mass is 340 g/mol. The van der Waals surface area contributed by atoms with Gasteiger partial charge in [-0.2, -0.15) is 5.10 Å². The first-order chi connectivity index (χ1) is 12.0. The van der Waals surface area contributed by atoms with E-state index in [2.05, 4.69) is 15.3 Å². The van der Waals surface area contributed by atoms with E-state index in [1.165, 1.54) is 6.42 Å². The first-order valence-electron chi connectivity index (χ1n) is 8.69. The molecule has 0 aliphatic carbocycles. The Bertz CT molecular complexity index is 804. The quantitative estimate of drug-likeness (QED) is 0.686. The molecule has 1 aromatic carbocycles. The number of nitrogens with one attached hydrogen (secondary N) is 1. The lowest BCUT2D eigenvalue weighted by molar-refractivity contribution is -0.112. The van der Waals surface area contributed by atoms with Gasteiger partial charge in [-0.15, -0.1) is 0 Å². The van der Waals surface area contributed by atoms with Gasteiger partial charge in [0.15, 0.2) is 0 Å². The van der Waals surface area contributed by atoms with Crippen LogP contribution in [0.15, 0.2) is 24.3 Å². The lowest BCUT2D eigenvalue weighted by atomic mass is 10.1. The fourth-order valence-corrected chi connectivity index (χ4v) is 3.38. The molecule has 0 spiro atoms. The maximum Gasteiger partial charge on any atom is 0.296 e. The number of aromatic nitrogens is 2. The number of carbonyl (C=O) groups excluding carboxylic acids is 2. The molecule has 0 saturated carbocycles. The minimum absolute atomic E-state index is 0.385. The van der Waals surface area contributed by atoms with Crippen LogP contribution in [0, 0.1) is 13.8 Å². The van der Waals surface area contributed by atoms with Gasteiger partial charge in [0.1, 0.15) is 0 Å². The number of nitrogens with zero attached hydrogens (tertiary/aromatic N) is 3. The highest BCUT2D eigenvalue weighted by Crippen LogP contribution is 2.28. The number of amides is 1. The van der Waals surface area contributed by atoms with Crippen LogP contribution in [-0.4, -0.2) is 34.6 Å². The zero-order valence-electron chi connectivity index (χ0n) is 15.0. The Morgan fingerprint density at radius 3 is 2.40 bits per heavy atom. The highest BCUT2D eigenvalue weighted by molar-refractivity contribution is 6.47. The van der Waals surface area contributed by atoms with Gasteiger partial charge in [-0.3, -0.25) is 14.3 Å². The van der Waals surface area contributed by atoms with Crippen LogP contribution < -0.4 is 10.2 Å². The van der Waals surface area contributed by atoms with Gasteiger partial charge in [-0.05, 0) is 45.2 Å². The van der Waals surface area contributed by atoms with E-state index in [-0.39, 0.29) is 0 Å². The molecule has 6 heteroatoms. The summed E-state index contributed by atoms with van der Waals surface area (Å²) in [7, 11) is 1.77. The highest BCUT2D eigenvalue weighted by Gasteiger charge is 2.25. The molecule has 1 fully saturated rings. The number of para-hydroxylation sites is 2. The maximum absolute atomic E-state index is 12.6. The average Bonchev–Trinajstić information content (AvgIpc) is 2.87. The van der Waals surface area contributed by atoms with Gasteiger partial charge in [0.25, 0.3) is 11.7 Å². The molecule has 0 atom stereocenters. The molecule has 25 heavy (non-hydrogen) atoms. The van der Waals surface area contributed by atoms with Crippen LogP contribution in [-0.2, 0) is 11.8 Å². The van der Waals surface area contributed by atoms with Crippen LogP contribution >= 0.6 is 0 Å². The summed E-state index contributed by atoms with van der Waals surface area (Å²) in [5, 5.41) is 7.02. The third kappa shape index (κ3) is 3.43. The van der Waals surface area contributed by atoms with Gasteiger partial charge in [-0.25, -0.2) is 0 Å². The molecule has 1 aliphatic heterocycles. The van der Waals surface area contributed by atoms with Gasteiger partial charge in [0, 0.05) is 25.8 Å². The van der Waals surface area contributed by atoms with Crippen LogP contribution in [0.5, 0.6) is 0 Å². The summed E-state index contributed by atoms with van der Waals surface area (Å²) in [6.45, 7) is 5.49. The number of benzene rings is 1. The molecule has 1 amide bonds. The summed E-state index contributed by atoms with van der Waals surface area (Å²) in [6, 6.07) is 7.66. The van der Waals surface area contributed by atoms with Crippen molar-refractivity contribution in [2.75, 3.05) is 23.3 Å². The van der Waals surface area contributed by atoms with Gasteiger partial charge < -0.3 is 10.2 Å². The van der Waals surface area contributed by atoms with Crippen molar-refractivity contribution in [3.63, 3.8) is 0 Å². The summed E-state index contributed by atoms with van der Waals surface area (Å²) >= 11 is 0. The minimum Gasteiger partial charge on any atom is -0.370 e. The molecule has 1 saturated heterocycles. The number of Topliss-reactive ketones (excluding diaryl/α,β-unsaturated/α-hetero) is 1. The standard InChI is InChI=1S/C19H24N4O2/c1-13-17(14(2)22(3)21-13)18(24)19(25)20-15-9-5-6-10-16(15)23-11-7-4-8-12-23/h5-6,9-10H,4,7-8,11-12H2,1-3H3,(H,20,25). The molecule has 1 N–H and O–H groups in total. The van der Waals surface area contributed by atoms with Crippen LogP contribution in [0.25, 0.3) is 0 Å². The SMILES string of the molecule is Cc1nn(C)c(C)c1C(=O)C(=O)Nc1ccccc1N1CCCCC1. The van der Waals surface area contributed by atoms with Crippen molar-refractivity contribution in [1.82, 2.24) is 9.78 Å². The van der Waals surface area contributed by atoms with Crippen molar-refractivity contribution in [2.45, 2.75) is 33.1 Å². The number of hydrogen-bond acceptors (Lipinski definition) is 4. The van der Waals surface area contributed by atoms with Crippen molar-refractivity contribution in [1.29, 1.82) is 0 Å². The van der Waals surface area contributed by atoms with E-state index in [0.29, 0.717) is 22.6 Å². The smallest absolute Gasteiger partial charge is 0.296 e. The third-order valence-corrected chi connectivity index (χ3v) is 4.79. The van der Waals surface area contributed by atoms with Crippen molar-refractivity contribution in [3.05, 3.63) is 41.2 Å². The molecule has 2 aromatic rings. The van der Waals surface area contributed by atoms with E-state index in [1.807, 2.05) is 24.3 Å². The van der Waals surface area contributed by atoms with Crippen LogP contribution in [0.1, 0.15) is 41.0 Å². The normalized spacial score (nSPS) is 14.4. The lowest BCUT2D eigenvalue weighted by Gasteiger charge is -2.30. The van der Waals surface area contributed by atoms with Crippen LogP contribution in [0.3, 0.4) is 0 Å². The molecular formula is C19H24N4O2. The van der Waals surface area contributed by atoms with Gasteiger partial charge in [-0.1, -0.05) is 12.1 Å². The Morgan fingerprint density at radius 1 is 1.08 bits per heavy atom. The second-order valence-electron chi connectivity index (χ2n) is 6.52. The molecule has 0 radical (unpaired) electrons. The number of anilines is 2. The number of piperidine rings is 1. The minimum atomic E-state index is -0.622. The van der Waals surface area contributed by atoms with Gasteiger partial charge in [0.2, 0.25) is 0 Å². The molecule has 6 nitrogen and oxygen atoms in total.